The standard InChI is InChI=1S/C23H27N3O5S2/c1-14-5-7-17(15(2)9-14)24-22(27)11-32-23-25-18-12-33(28,29)13-20(18)26(23)19-10-16(30-3)6-8-21(19)31-4/h5-10,18,20H,11-13H2,1-4H3,(H,24,27)/t18-,20+/m0/s1. The van der Waals surface area contributed by atoms with E-state index in [4.69, 9.17) is 14.5 Å². The lowest BCUT2D eigenvalue weighted by Crippen LogP contribution is -2.39. The fourth-order valence-corrected chi connectivity index (χ4v) is 6.93. The summed E-state index contributed by atoms with van der Waals surface area (Å²) in [5.74, 6) is 1.18. The topological polar surface area (TPSA) is 97.3 Å². The number of amidine groups is 1. The summed E-state index contributed by atoms with van der Waals surface area (Å²) in [5.41, 5.74) is 3.56. The van der Waals surface area contributed by atoms with Crippen molar-refractivity contribution in [3.63, 3.8) is 0 Å². The number of aryl methyl sites for hydroxylation is 2. The van der Waals surface area contributed by atoms with Crippen LogP contribution in [0.25, 0.3) is 0 Å². The molecule has 0 bridgehead atoms. The maximum Gasteiger partial charge on any atom is 0.234 e. The van der Waals surface area contributed by atoms with Gasteiger partial charge in [-0.15, -0.1) is 0 Å². The molecule has 0 unspecified atom stereocenters. The van der Waals surface area contributed by atoms with Crippen molar-refractivity contribution in [3.8, 4) is 11.5 Å². The minimum Gasteiger partial charge on any atom is -0.497 e. The molecule has 0 radical (unpaired) electrons. The molecule has 0 aliphatic carbocycles. The maximum atomic E-state index is 12.7. The number of nitrogens with one attached hydrogen (secondary N) is 1. The molecular weight excluding hydrogens is 462 g/mol. The molecule has 1 N–H and O–H groups in total. The Kier molecular flexibility index (Phi) is 6.58. The highest BCUT2D eigenvalue weighted by Gasteiger charge is 2.48. The van der Waals surface area contributed by atoms with E-state index in [0.29, 0.717) is 22.4 Å². The van der Waals surface area contributed by atoms with Crippen LogP contribution in [0, 0.1) is 13.8 Å². The van der Waals surface area contributed by atoms with Crippen molar-refractivity contribution in [3.05, 3.63) is 47.5 Å². The van der Waals surface area contributed by atoms with E-state index in [1.165, 1.54) is 11.8 Å². The van der Waals surface area contributed by atoms with E-state index >= 15 is 0 Å². The molecule has 1 amide bonds. The summed E-state index contributed by atoms with van der Waals surface area (Å²) >= 11 is 1.29. The highest BCUT2D eigenvalue weighted by atomic mass is 32.2. The molecule has 10 heteroatoms. The van der Waals surface area contributed by atoms with Crippen LogP contribution >= 0.6 is 11.8 Å². The number of fused-ring (bicyclic) bond motifs is 1. The van der Waals surface area contributed by atoms with Gasteiger partial charge in [0.05, 0.1) is 49.2 Å². The highest BCUT2D eigenvalue weighted by Crippen LogP contribution is 2.41. The first-order valence-electron chi connectivity index (χ1n) is 10.5. The Bertz CT molecular complexity index is 1210. The highest BCUT2D eigenvalue weighted by molar-refractivity contribution is 8.14. The lowest BCUT2D eigenvalue weighted by atomic mass is 10.1. The van der Waals surface area contributed by atoms with Crippen molar-refractivity contribution in [1.82, 2.24) is 0 Å². The van der Waals surface area contributed by atoms with E-state index in [1.54, 1.807) is 32.4 Å². The predicted octanol–water partition coefficient (Wildman–Crippen LogP) is 3.03. The van der Waals surface area contributed by atoms with Gasteiger partial charge in [0, 0.05) is 11.8 Å². The third-order valence-electron chi connectivity index (χ3n) is 5.74. The van der Waals surface area contributed by atoms with Crippen molar-refractivity contribution in [2.45, 2.75) is 25.9 Å². The number of thioether (sulfide) groups is 1. The van der Waals surface area contributed by atoms with Crippen LogP contribution in [0.15, 0.2) is 41.4 Å². The number of hydrogen-bond donors (Lipinski definition) is 1. The van der Waals surface area contributed by atoms with Crippen LogP contribution in [0.4, 0.5) is 11.4 Å². The Morgan fingerprint density at radius 2 is 1.94 bits per heavy atom. The Hall–Kier alpha value is -2.72. The Morgan fingerprint density at radius 1 is 1.15 bits per heavy atom. The number of methoxy groups -OCH3 is 2. The molecule has 2 atom stereocenters. The van der Waals surface area contributed by atoms with Crippen LogP contribution in [-0.2, 0) is 14.6 Å². The van der Waals surface area contributed by atoms with Gasteiger partial charge < -0.3 is 19.7 Å². The van der Waals surface area contributed by atoms with Gasteiger partial charge in [-0.2, -0.15) is 0 Å². The fraction of sp³-hybridized carbons (Fsp3) is 0.391. The van der Waals surface area contributed by atoms with Gasteiger partial charge in [0.25, 0.3) is 0 Å². The Morgan fingerprint density at radius 3 is 2.64 bits per heavy atom. The number of hydrogen-bond acceptors (Lipinski definition) is 8. The number of benzene rings is 2. The molecule has 2 heterocycles. The van der Waals surface area contributed by atoms with E-state index in [1.807, 2.05) is 36.9 Å². The van der Waals surface area contributed by atoms with Crippen LogP contribution < -0.4 is 19.7 Å². The molecule has 1 saturated heterocycles. The molecule has 176 valence electrons. The molecule has 2 aliphatic rings. The second kappa shape index (κ2) is 9.26. The van der Waals surface area contributed by atoms with E-state index in [-0.39, 0.29) is 35.2 Å². The number of sulfone groups is 1. The molecule has 2 aliphatic heterocycles. The summed E-state index contributed by atoms with van der Waals surface area (Å²) < 4.78 is 35.5. The first-order chi connectivity index (χ1) is 15.7. The largest absolute Gasteiger partial charge is 0.497 e. The lowest BCUT2D eigenvalue weighted by molar-refractivity contribution is -0.113. The second-order valence-electron chi connectivity index (χ2n) is 8.19. The molecule has 0 saturated carbocycles. The number of aliphatic imine (C=N–C) groups is 1. The molecule has 33 heavy (non-hydrogen) atoms. The summed E-state index contributed by atoms with van der Waals surface area (Å²) in [5, 5.41) is 3.55. The molecular formula is C23H27N3O5S2. The molecule has 1 fully saturated rings. The van der Waals surface area contributed by atoms with Gasteiger partial charge in [-0.05, 0) is 37.6 Å². The lowest BCUT2D eigenvalue weighted by Gasteiger charge is -2.28. The molecule has 8 nitrogen and oxygen atoms in total. The molecule has 2 aromatic carbocycles. The minimum atomic E-state index is -3.19. The summed E-state index contributed by atoms with van der Waals surface area (Å²) in [6.07, 6.45) is 0. The number of anilines is 2. The fourth-order valence-electron chi connectivity index (χ4n) is 4.17. The van der Waals surface area contributed by atoms with E-state index in [2.05, 4.69) is 5.32 Å². The number of carbonyl (C=O) groups is 1. The Balaban J connectivity index is 1.57. The van der Waals surface area contributed by atoms with Crippen LogP contribution in [0.2, 0.25) is 0 Å². The number of rotatable bonds is 6. The van der Waals surface area contributed by atoms with Gasteiger partial charge in [-0.3, -0.25) is 9.79 Å². The zero-order valence-electron chi connectivity index (χ0n) is 19.0. The van der Waals surface area contributed by atoms with Crippen molar-refractivity contribution in [1.29, 1.82) is 0 Å². The van der Waals surface area contributed by atoms with Crippen molar-refractivity contribution in [2.24, 2.45) is 4.99 Å². The number of ether oxygens (including phenoxy) is 2. The van der Waals surface area contributed by atoms with Crippen molar-refractivity contribution >= 4 is 44.0 Å². The predicted molar refractivity (Wildman–Crippen MR) is 133 cm³/mol. The number of amides is 1. The quantitative estimate of drug-likeness (QED) is 0.666. The number of nitrogens with zero attached hydrogens (tertiary/aromatic N) is 2. The van der Waals surface area contributed by atoms with Gasteiger partial charge in [0.2, 0.25) is 5.91 Å². The maximum absolute atomic E-state index is 12.7. The molecule has 0 spiro atoms. The normalized spacial score (nSPS) is 20.8. The monoisotopic (exact) mass is 489 g/mol. The zero-order valence-corrected chi connectivity index (χ0v) is 20.6. The van der Waals surface area contributed by atoms with E-state index < -0.39 is 9.84 Å². The second-order valence-corrected chi connectivity index (χ2v) is 11.3. The van der Waals surface area contributed by atoms with Gasteiger partial charge >= 0.3 is 0 Å². The average molecular weight is 490 g/mol. The van der Waals surface area contributed by atoms with E-state index in [0.717, 1.165) is 16.8 Å². The van der Waals surface area contributed by atoms with Crippen LogP contribution in [0.3, 0.4) is 0 Å². The minimum absolute atomic E-state index is 0.000346. The van der Waals surface area contributed by atoms with Gasteiger partial charge in [0.15, 0.2) is 15.0 Å². The summed E-state index contributed by atoms with van der Waals surface area (Å²) in [6, 6.07) is 10.5. The average Bonchev–Trinajstić information content (AvgIpc) is 3.24. The summed E-state index contributed by atoms with van der Waals surface area (Å²) in [4.78, 5) is 19.2. The van der Waals surface area contributed by atoms with Crippen molar-refractivity contribution < 1.29 is 22.7 Å². The SMILES string of the molecule is COc1ccc(OC)c(N2C(SCC(=O)Nc3ccc(C)cc3C)=N[C@H]3CS(=O)(=O)C[C@H]32)c1. The number of carbonyl (C=O) groups excluding carboxylic acids is 1. The smallest absolute Gasteiger partial charge is 0.234 e. The first kappa shape index (κ1) is 23.4. The van der Waals surface area contributed by atoms with Gasteiger partial charge in [-0.1, -0.05) is 29.5 Å². The molecule has 0 aromatic heterocycles. The van der Waals surface area contributed by atoms with Crippen LogP contribution in [0.5, 0.6) is 11.5 Å². The van der Waals surface area contributed by atoms with Crippen LogP contribution in [0.1, 0.15) is 11.1 Å². The molecule has 4 rings (SSSR count). The summed E-state index contributed by atoms with van der Waals surface area (Å²) in [6.45, 7) is 3.96. The van der Waals surface area contributed by atoms with Gasteiger partial charge in [0.1, 0.15) is 11.5 Å². The third-order valence-corrected chi connectivity index (χ3v) is 8.41. The van der Waals surface area contributed by atoms with E-state index in [9.17, 15) is 13.2 Å². The summed E-state index contributed by atoms with van der Waals surface area (Å²) in [7, 11) is -0.0647. The van der Waals surface area contributed by atoms with Gasteiger partial charge in [-0.25, -0.2) is 8.42 Å². The first-order valence-corrected chi connectivity index (χ1v) is 13.3. The zero-order chi connectivity index (χ0) is 23.8. The van der Waals surface area contributed by atoms with Crippen molar-refractivity contribution in [2.75, 3.05) is 41.7 Å². The Labute approximate surface area is 198 Å². The molecule has 2 aromatic rings. The van der Waals surface area contributed by atoms with Crippen LogP contribution in [-0.4, -0.2) is 63.1 Å². The third kappa shape index (κ3) is 4.96.